The maximum atomic E-state index is 15.0. The van der Waals surface area contributed by atoms with E-state index in [1.54, 1.807) is 12.3 Å². The largest absolute Gasteiger partial charge is 0.378 e. The zero-order chi connectivity index (χ0) is 22.2. The molecule has 0 amide bonds. The van der Waals surface area contributed by atoms with Crippen LogP contribution in [0, 0.1) is 5.82 Å². The van der Waals surface area contributed by atoms with E-state index in [4.69, 9.17) is 4.74 Å². The molecule has 33 heavy (non-hydrogen) atoms. The van der Waals surface area contributed by atoms with Gasteiger partial charge in [0.25, 0.3) is 0 Å². The standard InChI is InChI=1S/C25H21FN6O/c26-21-4-1-16(12-23-24-17(5-6-27-24)14-30-31-23)11-20(21)25-19-3-2-18(13-22(19)28-15-29-25)32-7-9-33-10-8-32/h1-6,11,13-15,27H,7-10,12H2. The smallest absolute Gasteiger partial charge is 0.132 e. The average molecular weight is 440 g/mol. The Morgan fingerprint density at radius 2 is 1.94 bits per heavy atom. The molecular formula is C25H21FN6O. The third kappa shape index (κ3) is 3.68. The van der Waals surface area contributed by atoms with Gasteiger partial charge in [-0.1, -0.05) is 6.07 Å². The molecule has 2 aromatic carbocycles. The number of H-pyrrole nitrogens is 1. The van der Waals surface area contributed by atoms with Crippen molar-refractivity contribution in [1.82, 2.24) is 25.1 Å². The Morgan fingerprint density at radius 1 is 1.03 bits per heavy atom. The Morgan fingerprint density at radius 3 is 2.85 bits per heavy atom. The summed E-state index contributed by atoms with van der Waals surface area (Å²) >= 11 is 0. The zero-order valence-electron chi connectivity index (χ0n) is 17.8. The van der Waals surface area contributed by atoms with Crippen molar-refractivity contribution in [2.45, 2.75) is 6.42 Å². The predicted octanol–water partition coefficient (Wildman–Crippen LogP) is 4.13. The van der Waals surface area contributed by atoms with E-state index >= 15 is 0 Å². The summed E-state index contributed by atoms with van der Waals surface area (Å²) in [5, 5.41) is 10.2. The molecule has 0 spiro atoms. The maximum Gasteiger partial charge on any atom is 0.132 e. The van der Waals surface area contributed by atoms with Crippen LogP contribution in [0.3, 0.4) is 0 Å². The number of rotatable bonds is 4. The lowest BCUT2D eigenvalue weighted by molar-refractivity contribution is 0.122. The maximum absolute atomic E-state index is 15.0. The number of aromatic amines is 1. The van der Waals surface area contributed by atoms with Crippen LogP contribution >= 0.6 is 0 Å². The van der Waals surface area contributed by atoms with Gasteiger partial charge in [0.15, 0.2) is 0 Å². The molecule has 5 aromatic rings. The number of ether oxygens (including phenoxy) is 1. The van der Waals surface area contributed by atoms with E-state index in [0.29, 0.717) is 30.9 Å². The molecule has 1 fully saturated rings. The van der Waals surface area contributed by atoms with Gasteiger partial charge in [-0.3, -0.25) is 0 Å². The Kier molecular flexibility index (Phi) is 4.92. The van der Waals surface area contributed by atoms with Crippen molar-refractivity contribution in [3.8, 4) is 11.3 Å². The second-order valence-corrected chi connectivity index (χ2v) is 8.11. The minimum atomic E-state index is -0.319. The molecule has 0 bridgehead atoms. The Balaban J connectivity index is 1.39. The molecular weight excluding hydrogens is 419 g/mol. The number of aromatic nitrogens is 5. The molecule has 4 heterocycles. The zero-order valence-corrected chi connectivity index (χ0v) is 17.8. The fourth-order valence-electron chi connectivity index (χ4n) is 4.41. The number of halogens is 1. The van der Waals surface area contributed by atoms with E-state index in [2.05, 4.69) is 30.0 Å². The number of anilines is 1. The van der Waals surface area contributed by atoms with Crippen molar-refractivity contribution >= 4 is 27.5 Å². The van der Waals surface area contributed by atoms with Crippen molar-refractivity contribution in [2.24, 2.45) is 0 Å². The fraction of sp³-hybridized carbons (Fsp3) is 0.200. The highest BCUT2D eigenvalue weighted by atomic mass is 19.1. The highest BCUT2D eigenvalue weighted by Gasteiger charge is 2.16. The van der Waals surface area contributed by atoms with Crippen molar-refractivity contribution < 1.29 is 9.13 Å². The van der Waals surface area contributed by atoms with Gasteiger partial charge in [-0.15, -0.1) is 0 Å². The summed E-state index contributed by atoms with van der Waals surface area (Å²) in [7, 11) is 0. The highest BCUT2D eigenvalue weighted by Crippen LogP contribution is 2.31. The van der Waals surface area contributed by atoms with Gasteiger partial charge in [-0.05, 0) is 42.0 Å². The Labute approximate surface area is 189 Å². The summed E-state index contributed by atoms with van der Waals surface area (Å²) in [6.45, 7) is 3.12. The van der Waals surface area contributed by atoms with Gasteiger partial charge in [-0.25, -0.2) is 14.4 Å². The quantitative estimate of drug-likeness (QED) is 0.453. The van der Waals surface area contributed by atoms with Gasteiger partial charge in [0, 0.05) is 47.7 Å². The molecule has 1 aliphatic rings. The fourth-order valence-corrected chi connectivity index (χ4v) is 4.41. The number of nitrogens with zero attached hydrogens (tertiary/aromatic N) is 5. The van der Waals surface area contributed by atoms with Crippen molar-refractivity contribution in [2.75, 3.05) is 31.2 Å². The van der Waals surface area contributed by atoms with Crippen LogP contribution in [-0.4, -0.2) is 51.5 Å². The van der Waals surface area contributed by atoms with Crippen LogP contribution in [0.4, 0.5) is 10.1 Å². The lowest BCUT2D eigenvalue weighted by atomic mass is 10.0. The average Bonchev–Trinajstić information content (AvgIpc) is 3.35. The molecule has 0 unspecified atom stereocenters. The van der Waals surface area contributed by atoms with E-state index in [1.165, 1.54) is 12.4 Å². The lowest BCUT2D eigenvalue weighted by Gasteiger charge is -2.29. The highest BCUT2D eigenvalue weighted by molar-refractivity contribution is 5.94. The molecule has 0 atom stereocenters. The van der Waals surface area contributed by atoms with Crippen LogP contribution in [-0.2, 0) is 11.2 Å². The Hall–Kier alpha value is -3.91. The summed E-state index contributed by atoms with van der Waals surface area (Å²) in [6, 6.07) is 13.1. The van der Waals surface area contributed by atoms with E-state index in [0.717, 1.165) is 51.8 Å². The van der Waals surface area contributed by atoms with Crippen LogP contribution in [0.25, 0.3) is 33.1 Å². The third-order valence-electron chi connectivity index (χ3n) is 6.10. The summed E-state index contributed by atoms with van der Waals surface area (Å²) in [6.07, 6.45) is 5.62. The number of hydrogen-bond donors (Lipinski definition) is 1. The second kappa shape index (κ2) is 8.22. The first kappa shape index (κ1) is 19.8. The van der Waals surface area contributed by atoms with Crippen LogP contribution in [0.5, 0.6) is 0 Å². The first-order chi connectivity index (χ1) is 16.3. The summed E-state index contributed by atoms with van der Waals surface area (Å²) < 4.78 is 20.4. The molecule has 3 aromatic heterocycles. The van der Waals surface area contributed by atoms with Crippen LogP contribution in [0.1, 0.15) is 11.3 Å². The number of nitrogens with one attached hydrogen (secondary N) is 1. The van der Waals surface area contributed by atoms with E-state index in [-0.39, 0.29) is 5.82 Å². The molecule has 6 rings (SSSR count). The molecule has 0 radical (unpaired) electrons. The van der Waals surface area contributed by atoms with Gasteiger partial charge in [0.1, 0.15) is 12.1 Å². The molecule has 8 heteroatoms. The van der Waals surface area contributed by atoms with E-state index < -0.39 is 0 Å². The van der Waals surface area contributed by atoms with Crippen molar-refractivity contribution in [1.29, 1.82) is 0 Å². The van der Waals surface area contributed by atoms with Gasteiger partial charge in [-0.2, -0.15) is 10.2 Å². The molecule has 1 N–H and O–H groups in total. The number of fused-ring (bicyclic) bond motifs is 2. The van der Waals surface area contributed by atoms with Gasteiger partial charge < -0.3 is 14.6 Å². The van der Waals surface area contributed by atoms with Gasteiger partial charge >= 0.3 is 0 Å². The van der Waals surface area contributed by atoms with Crippen molar-refractivity contribution in [3.05, 3.63) is 78.3 Å². The minimum Gasteiger partial charge on any atom is -0.378 e. The van der Waals surface area contributed by atoms with Crippen LogP contribution in [0.2, 0.25) is 0 Å². The summed E-state index contributed by atoms with van der Waals surface area (Å²) in [5.41, 5.74) is 5.59. The summed E-state index contributed by atoms with van der Waals surface area (Å²) in [5.74, 6) is -0.319. The molecule has 164 valence electrons. The molecule has 0 aliphatic carbocycles. The van der Waals surface area contributed by atoms with Gasteiger partial charge in [0.2, 0.25) is 0 Å². The predicted molar refractivity (Wildman–Crippen MR) is 125 cm³/mol. The molecule has 0 saturated carbocycles. The number of hydrogen-bond acceptors (Lipinski definition) is 6. The lowest BCUT2D eigenvalue weighted by Crippen LogP contribution is -2.36. The topological polar surface area (TPSA) is 79.8 Å². The SMILES string of the molecule is Fc1ccc(Cc2nncc3cc[nH]c23)cc1-c1ncnc2cc(N3CCOCC3)ccc12. The molecule has 1 saturated heterocycles. The second-order valence-electron chi connectivity index (χ2n) is 8.11. The molecule has 1 aliphatic heterocycles. The van der Waals surface area contributed by atoms with Crippen LogP contribution in [0.15, 0.2) is 61.2 Å². The van der Waals surface area contributed by atoms with Gasteiger partial charge in [0.05, 0.1) is 41.8 Å². The number of morpholine rings is 1. The minimum absolute atomic E-state index is 0.319. The third-order valence-corrected chi connectivity index (χ3v) is 6.10. The van der Waals surface area contributed by atoms with E-state index in [9.17, 15) is 4.39 Å². The van der Waals surface area contributed by atoms with Crippen LogP contribution < -0.4 is 4.90 Å². The Bertz CT molecular complexity index is 1460. The summed E-state index contributed by atoms with van der Waals surface area (Å²) in [4.78, 5) is 14.4. The molecule has 7 nitrogen and oxygen atoms in total. The first-order valence-corrected chi connectivity index (χ1v) is 10.9. The van der Waals surface area contributed by atoms with E-state index in [1.807, 2.05) is 36.5 Å². The normalized spacial score (nSPS) is 14.3. The first-order valence-electron chi connectivity index (χ1n) is 10.9. The van der Waals surface area contributed by atoms with Crippen molar-refractivity contribution in [3.63, 3.8) is 0 Å². The number of benzene rings is 2. The monoisotopic (exact) mass is 440 g/mol.